The van der Waals surface area contributed by atoms with E-state index in [9.17, 15) is 0 Å². The number of nitrogens with zero attached hydrogens (tertiary/aromatic N) is 4. The molecule has 0 fully saturated rings. The highest BCUT2D eigenvalue weighted by Crippen LogP contribution is 2.29. The van der Waals surface area contributed by atoms with Gasteiger partial charge in [0.1, 0.15) is 22.2 Å². The molecule has 0 aliphatic rings. The van der Waals surface area contributed by atoms with Crippen molar-refractivity contribution in [2.75, 3.05) is 11.9 Å². The van der Waals surface area contributed by atoms with Crippen molar-refractivity contribution in [2.24, 2.45) is 0 Å². The molecule has 0 aliphatic heterocycles. The molecular formula is C11H15N5S2. The third-order valence-corrected chi connectivity index (χ3v) is 3.82. The second-order valence-corrected chi connectivity index (χ2v) is 6.04. The maximum Gasteiger partial charge on any atom is 0.180 e. The van der Waals surface area contributed by atoms with Gasteiger partial charge >= 0.3 is 0 Å². The lowest BCUT2D eigenvalue weighted by molar-refractivity contribution is 0.754. The van der Waals surface area contributed by atoms with Gasteiger partial charge in [0, 0.05) is 18.5 Å². The van der Waals surface area contributed by atoms with Crippen LogP contribution in [0.1, 0.15) is 32.5 Å². The van der Waals surface area contributed by atoms with Crippen molar-refractivity contribution >= 4 is 28.9 Å². The van der Waals surface area contributed by atoms with Crippen LogP contribution in [0.15, 0.2) is 20.9 Å². The number of hydrogen-bond donors (Lipinski definition) is 1. The fraction of sp³-hybridized carbons (Fsp3) is 0.455. The molecule has 0 aromatic carbocycles. The Morgan fingerprint density at radius 1 is 1.39 bits per heavy atom. The van der Waals surface area contributed by atoms with E-state index in [2.05, 4.69) is 46.3 Å². The fourth-order valence-corrected chi connectivity index (χ4v) is 2.75. The quantitative estimate of drug-likeness (QED) is 0.850. The first-order chi connectivity index (χ1) is 8.69. The molecule has 0 radical (unpaired) electrons. The molecule has 0 unspecified atom stereocenters. The molecule has 2 rings (SSSR count). The first-order valence-electron chi connectivity index (χ1n) is 5.76. The topological polar surface area (TPSA) is 63.6 Å². The van der Waals surface area contributed by atoms with Crippen molar-refractivity contribution in [2.45, 2.75) is 36.1 Å². The molecule has 18 heavy (non-hydrogen) atoms. The molecule has 0 aliphatic carbocycles. The summed E-state index contributed by atoms with van der Waals surface area (Å²) in [5.41, 5.74) is 1.72. The second kappa shape index (κ2) is 6.10. The third-order valence-electron chi connectivity index (χ3n) is 2.13. The Labute approximate surface area is 114 Å². The van der Waals surface area contributed by atoms with Gasteiger partial charge < -0.3 is 5.32 Å². The van der Waals surface area contributed by atoms with Crippen molar-refractivity contribution in [3.8, 4) is 0 Å². The van der Waals surface area contributed by atoms with Crippen molar-refractivity contribution in [1.29, 1.82) is 0 Å². The van der Waals surface area contributed by atoms with Crippen LogP contribution >= 0.6 is 23.1 Å². The van der Waals surface area contributed by atoms with Gasteiger partial charge in [0.15, 0.2) is 4.34 Å². The minimum absolute atomic E-state index is 0.303. The first kappa shape index (κ1) is 13.2. The van der Waals surface area contributed by atoms with Crippen LogP contribution < -0.4 is 5.32 Å². The third kappa shape index (κ3) is 3.39. The van der Waals surface area contributed by atoms with Crippen LogP contribution in [-0.2, 0) is 0 Å². The molecule has 7 heteroatoms. The summed E-state index contributed by atoms with van der Waals surface area (Å²) < 4.78 is 0.894. The molecule has 2 heterocycles. The number of nitrogens with one attached hydrogen (secondary N) is 1. The summed E-state index contributed by atoms with van der Waals surface area (Å²) in [6, 6.07) is 1.95. The van der Waals surface area contributed by atoms with E-state index < -0.39 is 0 Å². The molecule has 2 aromatic rings. The number of hydrogen-bond acceptors (Lipinski definition) is 7. The van der Waals surface area contributed by atoms with E-state index in [-0.39, 0.29) is 0 Å². The maximum atomic E-state index is 4.54. The molecule has 1 N–H and O–H groups in total. The Balaban J connectivity index is 2.27. The molecule has 0 spiro atoms. The first-order valence-corrected chi connectivity index (χ1v) is 7.45. The summed E-state index contributed by atoms with van der Waals surface area (Å²) in [4.78, 5) is 9.02. The summed E-state index contributed by atoms with van der Waals surface area (Å²) in [5.74, 6) is 2.01. The Kier molecular flexibility index (Phi) is 4.48. The monoisotopic (exact) mass is 281 g/mol. The van der Waals surface area contributed by atoms with E-state index in [0.717, 1.165) is 27.6 Å². The number of aromatic nitrogens is 4. The van der Waals surface area contributed by atoms with Gasteiger partial charge in [-0.25, -0.2) is 9.97 Å². The molecule has 96 valence electrons. The summed E-state index contributed by atoms with van der Waals surface area (Å²) in [6.45, 7) is 7.07. The van der Waals surface area contributed by atoms with E-state index >= 15 is 0 Å². The second-order valence-electron chi connectivity index (χ2n) is 3.94. The molecule has 0 saturated heterocycles. The highest BCUT2D eigenvalue weighted by Gasteiger charge is 2.10. The van der Waals surface area contributed by atoms with Crippen molar-refractivity contribution in [3.63, 3.8) is 0 Å². The van der Waals surface area contributed by atoms with Gasteiger partial charge in [0.25, 0.3) is 0 Å². The predicted octanol–water partition coefficient (Wildman–Crippen LogP) is 3.03. The van der Waals surface area contributed by atoms with Crippen molar-refractivity contribution < 1.29 is 0 Å². The van der Waals surface area contributed by atoms with Gasteiger partial charge in [-0.15, -0.1) is 10.2 Å². The van der Waals surface area contributed by atoms with Crippen LogP contribution in [0.4, 0.5) is 5.82 Å². The van der Waals surface area contributed by atoms with E-state index in [0.29, 0.717) is 5.92 Å². The maximum absolute atomic E-state index is 4.54. The van der Waals surface area contributed by atoms with Crippen LogP contribution in [0.25, 0.3) is 0 Å². The smallest absolute Gasteiger partial charge is 0.180 e. The fourth-order valence-electron chi connectivity index (χ4n) is 1.32. The van der Waals surface area contributed by atoms with Gasteiger partial charge in [-0.2, -0.15) is 0 Å². The highest BCUT2D eigenvalue weighted by molar-refractivity contribution is 8.00. The zero-order valence-corrected chi connectivity index (χ0v) is 12.2. The summed E-state index contributed by atoms with van der Waals surface area (Å²) in [6.07, 6.45) is 0. The molecule has 0 atom stereocenters. The van der Waals surface area contributed by atoms with E-state index in [1.165, 1.54) is 23.1 Å². The lowest BCUT2D eigenvalue weighted by atomic mass is 10.2. The molecule has 0 bridgehead atoms. The Morgan fingerprint density at radius 3 is 2.83 bits per heavy atom. The predicted molar refractivity (Wildman–Crippen MR) is 74.3 cm³/mol. The Bertz CT molecular complexity index is 498. The number of anilines is 1. The molecule has 2 aromatic heterocycles. The zero-order valence-electron chi connectivity index (χ0n) is 10.5. The van der Waals surface area contributed by atoms with E-state index in [1.54, 1.807) is 5.51 Å². The minimum atomic E-state index is 0.303. The van der Waals surface area contributed by atoms with Crippen LogP contribution in [0.2, 0.25) is 0 Å². The average Bonchev–Trinajstić information content (AvgIpc) is 2.82. The minimum Gasteiger partial charge on any atom is -0.370 e. The standard InChI is InChI=1S/C11H15N5S2/c1-4-12-8-5-9(15-10(14-8)7(2)3)18-11-16-13-6-17-11/h5-7H,4H2,1-3H3,(H,12,14,15). The van der Waals surface area contributed by atoms with Gasteiger partial charge in [-0.3, -0.25) is 0 Å². The van der Waals surface area contributed by atoms with Gasteiger partial charge in [0.2, 0.25) is 0 Å². The van der Waals surface area contributed by atoms with Gasteiger partial charge in [0.05, 0.1) is 0 Å². The van der Waals surface area contributed by atoms with Crippen LogP contribution in [-0.4, -0.2) is 26.7 Å². The zero-order chi connectivity index (χ0) is 13.0. The summed E-state index contributed by atoms with van der Waals surface area (Å²) in [7, 11) is 0. The number of rotatable bonds is 5. The Morgan fingerprint density at radius 2 is 2.22 bits per heavy atom. The van der Waals surface area contributed by atoms with E-state index in [4.69, 9.17) is 0 Å². The highest BCUT2D eigenvalue weighted by atomic mass is 32.2. The van der Waals surface area contributed by atoms with Crippen molar-refractivity contribution in [1.82, 2.24) is 20.2 Å². The van der Waals surface area contributed by atoms with Crippen molar-refractivity contribution in [3.05, 3.63) is 17.4 Å². The van der Waals surface area contributed by atoms with Crippen LogP contribution in [0, 0.1) is 0 Å². The lowest BCUT2D eigenvalue weighted by Crippen LogP contribution is -2.05. The van der Waals surface area contributed by atoms with Crippen LogP contribution in [0.5, 0.6) is 0 Å². The normalized spacial score (nSPS) is 10.9. The largest absolute Gasteiger partial charge is 0.370 e. The van der Waals surface area contributed by atoms with Crippen LogP contribution in [0.3, 0.4) is 0 Å². The molecular weight excluding hydrogens is 266 g/mol. The van der Waals surface area contributed by atoms with Gasteiger partial charge in [-0.05, 0) is 18.7 Å². The molecule has 5 nitrogen and oxygen atoms in total. The molecule has 0 amide bonds. The average molecular weight is 281 g/mol. The van der Waals surface area contributed by atoms with E-state index in [1.807, 2.05) is 6.07 Å². The van der Waals surface area contributed by atoms with Gasteiger partial charge in [-0.1, -0.05) is 25.2 Å². The Hall–Kier alpha value is -1.21. The lowest BCUT2D eigenvalue weighted by Gasteiger charge is -2.09. The summed E-state index contributed by atoms with van der Waals surface area (Å²) in [5, 5.41) is 12.0. The SMILES string of the molecule is CCNc1cc(Sc2nncs2)nc(C(C)C)n1. The summed E-state index contributed by atoms with van der Waals surface area (Å²) >= 11 is 3.03. The molecule has 0 saturated carbocycles.